The minimum absolute atomic E-state index is 0.0156. The highest BCUT2D eigenvalue weighted by Gasteiger charge is 2.45. The van der Waals surface area contributed by atoms with Gasteiger partial charge in [-0.3, -0.25) is 9.59 Å². The van der Waals surface area contributed by atoms with Crippen LogP contribution in [0, 0.1) is 0 Å². The Labute approximate surface area is 168 Å². The molecule has 1 heterocycles. The molecule has 1 atom stereocenters. The third-order valence-electron chi connectivity index (χ3n) is 4.89. The van der Waals surface area contributed by atoms with E-state index < -0.39 is 17.7 Å². The van der Waals surface area contributed by atoms with E-state index in [9.17, 15) is 19.8 Å². The number of aromatic hydroxyl groups is 1. The molecule has 1 fully saturated rings. The van der Waals surface area contributed by atoms with Gasteiger partial charge in [0.2, 0.25) is 0 Å². The van der Waals surface area contributed by atoms with Crippen LogP contribution < -0.4 is 9.47 Å². The molecular formula is C22H23NO6. The Kier molecular flexibility index (Phi) is 5.77. The number of ether oxygens (including phenoxy) is 2. The number of methoxy groups -OCH3 is 2. The molecule has 29 heavy (non-hydrogen) atoms. The van der Waals surface area contributed by atoms with Crippen LogP contribution >= 0.6 is 0 Å². The van der Waals surface area contributed by atoms with Crippen molar-refractivity contribution in [3.63, 3.8) is 0 Å². The monoisotopic (exact) mass is 397 g/mol. The first kappa shape index (κ1) is 20.3. The summed E-state index contributed by atoms with van der Waals surface area (Å²) in [6, 6.07) is 10.4. The zero-order valence-corrected chi connectivity index (χ0v) is 16.5. The number of nitrogens with zero attached hydrogens (tertiary/aromatic N) is 1. The SMILES string of the molecule is CCCN1C(=O)C(=O)/C(=C(\O)c2ccc(OC)cc2)C1c1ccc(OC)c(O)c1. The van der Waals surface area contributed by atoms with Crippen LogP contribution in [-0.2, 0) is 9.59 Å². The lowest BCUT2D eigenvalue weighted by Crippen LogP contribution is -2.30. The third kappa shape index (κ3) is 3.63. The molecule has 2 N–H and O–H groups in total. The van der Waals surface area contributed by atoms with Crippen LogP contribution in [0.1, 0.15) is 30.5 Å². The summed E-state index contributed by atoms with van der Waals surface area (Å²) in [6.45, 7) is 2.23. The van der Waals surface area contributed by atoms with Crippen molar-refractivity contribution < 1.29 is 29.3 Å². The van der Waals surface area contributed by atoms with Crippen LogP contribution in [0.15, 0.2) is 48.0 Å². The topological polar surface area (TPSA) is 96.3 Å². The van der Waals surface area contributed by atoms with Gasteiger partial charge in [-0.05, 0) is 48.4 Å². The van der Waals surface area contributed by atoms with E-state index in [4.69, 9.17) is 9.47 Å². The number of ketones is 1. The van der Waals surface area contributed by atoms with Gasteiger partial charge in [-0.25, -0.2) is 0 Å². The van der Waals surface area contributed by atoms with E-state index in [0.717, 1.165) is 0 Å². The van der Waals surface area contributed by atoms with Gasteiger partial charge < -0.3 is 24.6 Å². The molecule has 1 saturated heterocycles. The van der Waals surface area contributed by atoms with Crippen molar-refractivity contribution in [1.82, 2.24) is 4.90 Å². The number of phenols is 1. The molecule has 7 nitrogen and oxygen atoms in total. The van der Waals surface area contributed by atoms with Crippen LogP contribution in [0.3, 0.4) is 0 Å². The average Bonchev–Trinajstić information content (AvgIpc) is 2.98. The van der Waals surface area contributed by atoms with Gasteiger partial charge in [0, 0.05) is 12.1 Å². The van der Waals surface area contributed by atoms with Gasteiger partial charge in [0.15, 0.2) is 11.5 Å². The number of aliphatic hydroxyl groups excluding tert-OH is 1. The van der Waals surface area contributed by atoms with E-state index in [2.05, 4.69) is 0 Å². The lowest BCUT2D eigenvalue weighted by atomic mass is 9.95. The van der Waals surface area contributed by atoms with E-state index in [1.54, 1.807) is 36.4 Å². The molecule has 1 aliphatic heterocycles. The average molecular weight is 397 g/mol. The molecule has 152 valence electrons. The van der Waals surface area contributed by atoms with Crippen molar-refractivity contribution in [3.8, 4) is 17.2 Å². The first-order chi connectivity index (χ1) is 13.9. The van der Waals surface area contributed by atoms with Crippen LogP contribution in [0.4, 0.5) is 0 Å². The molecule has 0 spiro atoms. The molecule has 0 radical (unpaired) electrons. The second-order valence-corrected chi connectivity index (χ2v) is 6.65. The molecule has 1 aliphatic rings. The van der Waals surface area contributed by atoms with Crippen LogP contribution in [0.5, 0.6) is 17.2 Å². The molecule has 1 amide bonds. The predicted octanol–water partition coefficient (Wildman–Crippen LogP) is 3.24. The maximum atomic E-state index is 12.8. The fourth-order valence-corrected chi connectivity index (χ4v) is 3.48. The smallest absolute Gasteiger partial charge is 0.295 e. The maximum Gasteiger partial charge on any atom is 0.295 e. The van der Waals surface area contributed by atoms with Gasteiger partial charge in [0.05, 0.1) is 25.8 Å². The number of hydrogen-bond acceptors (Lipinski definition) is 6. The fourth-order valence-electron chi connectivity index (χ4n) is 3.48. The Morgan fingerprint density at radius 3 is 2.31 bits per heavy atom. The molecular weight excluding hydrogens is 374 g/mol. The van der Waals surface area contributed by atoms with Gasteiger partial charge in [-0.15, -0.1) is 0 Å². The summed E-state index contributed by atoms with van der Waals surface area (Å²) in [5.74, 6) is -0.947. The number of carbonyl (C=O) groups excluding carboxylic acids is 2. The lowest BCUT2D eigenvalue weighted by Gasteiger charge is -2.25. The number of hydrogen-bond donors (Lipinski definition) is 2. The van der Waals surface area contributed by atoms with Crippen molar-refractivity contribution in [2.45, 2.75) is 19.4 Å². The van der Waals surface area contributed by atoms with Crippen LogP contribution in [0.2, 0.25) is 0 Å². The van der Waals surface area contributed by atoms with Crippen LogP contribution in [0.25, 0.3) is 5.76 Å². The highest BCUT2D eigenvalue weighted by Crippen LogP contribution is 2.41. The van der Waals surface area contributed by atoms with E-state index in [0.29, 0.717) is 29.8 Å². The normalized spacial score (nSPS) is 18.2. The van der Waals surface area contributed by atoms with E-state index in [1.165, 1.54) is 25.2 Å². The Balaban J connectivity index is 2.16. The lowest BCUT2D eigenvalue weighted by molar-refractivity contribution is -0.139. The zero-order chi connectivity index (χ0) is 21.1. The number of phenolic OH excluding ortho intramolecular Hbond substituents is 1. The maximum absolute atomic E-state index is 12.8. The summed E-state index contributed by atoms with van der Waals surface area (Å²) in [4.78, 5) is 26.9. The molecule has 2 aromatic carbocycles. The number of Topliss-reactive ketones (excluding diaryl/α,β-unsaturated/α-hetero) is 1. The Hall–Kier alpha value is -3.48. The van der Waals surface area contributed by atoms with Gasteiger partial charge in [0.25, 0.3) is 11.7 Å². The summed E-state index contributed by atoms with van der Waals surface area (Å²) in [7, 11) is 2.96. The number of rotatable bonds is 6. The minimum atomic E-state index is -0.811. The molecule has 0 aromatic heterocycles. The summed E-state index contributed by atoms with van der Waals surface area (Å²) in [6.07, 6.45) is 0.633. The molecule has 1 unspecified atom stereocenters. The van der Waals surface area contributed by atoms with Gasteiger partial charge in [0.1, 0.15) is 11.5 Å². The largest absolute Gasteiger partial charge is 0.507 e. The summed E-state index contributed by atoms with van der Waals surface area (Å²) >= 11 is 0. The van der Waals surface area contributed by atoms with Crippen molar-refractivity contribution >= 4 is 17.4 Å². The third-order valence-corrected chi connectivity index (χ3v) is 4.89. The van der Waals surface area contributed by atoms with E-state index in [-0.39, 0.29) is 22.8 Å². The second-order valence-electron chi connectivity index (χ2n) is 6.65. The van der Waals surface area contributed by atoms with Crippen molar-refractivity contribution in [1.29, 1.82) is 0 Å². The van der Waals surface area contributed by atoms with Crippen molar-refractivity contribution in [2.24, 2.45) is 0 Å². The predicted molar refractivity (Wildman–Crippen MR) is 107 cm³/mol. The number of amides is 1. The fraction of sp³-hybridized carbons (Fsp3) is 0.273. The summed E-state index contributed by atoms with van der Waals surface area (Å²) in [5, 5.41) is 21.1. The quantitative estimate of drug-likeness (QED) is 0.441. The first-order valence-electron chi connectivity index (χ1n) is 9.22. The highest BCUT2D eigenvalue weighted by atomic mass is 16.5. The second kappa shape index (κ2) is 8.26. The van der Waals surface area contributed by atoms with Gasteiger partial charge >= 0.3 is 0 Å². The zero-order valence-electron chi connectivity index (χ0n) is 16.5. The van der Waals surface area contributed by atoms with Crippen molar-refractivity contribution in [3.05, 3.63) is 59.2 Å². The van der Waals surface area contributed by atoms with E-state index >= 15 is 0 Å². The van der Waals surface area contributed by atoms with Gasteiger partial charge in [-0.1, -0.05) is 13.0 Å². The highest BCUT2D eigenvalue weighted by molar-refractivity contribution is 6.46. The standard InChI is InChI=1S/C22H23NO6/c1-4-11-23-19(14-7-10-17(29-3)16(24)12-14)18(21(26)22(23)27)20(25)13-5-8-15(28-2)9-6-13/h5-10,12,19,24-25H,4,11H2,1-3H3/b20-18-. The molecule has 0 saturated carbocycles. The number of likely N-dealkylation sites (tertiary alicyclic amines) is 1. The summed E-state index contributed by atoms with van der Waals surface area (Å²) in [5.41, 5.74) is 0.882. The number of aliphatic hydroxyl groups is 1. The molecule has 3 rings (SSSR count). The Bertz CT molecular complexity index is 964. The van der Waals surface area contributed by atoms with Crippen molar-refractivity contribution in [2.75, 3.05) is 20.8 Å². The van der Waals surface area contributed by atoms with Crippen LogP contribution in [-0.4, -0.2) is 47.6 Å². The van der Waals surface area contributed by atoms with Gasteiger partial charge in [-0.2, -0.15) is 0 Å². The summed E-state index contributed by atoms with van der Waals surface area (Å²) < 4.78 is 10.2. The molecule has 0 bridgehead atoms. The minimum Gasteiger partial charge on any atom is -0.507 e. The molecule has 0 aliphatic carbocycles. The first-order valence-corrected chi connectivity index (χ1v) is 9.22. The Morgan fingerprint density at radius 1 is 1.07 bits per heavy atom. The molecule has 7 heteroatoms. The van der Waals surface area contributed by atoms with E-state index in [1.807, 2.05) is 6.92 Å². The number of benzene rings is 2. The number of carbonyl (C=O) groups is 2. The Morgan fingerprint density at radius 2 is 1.76 bits per heavy atom. The molecule has 2 aromatic rings.